The van der Waals surface area contributed by atoms with E-state index in [1.165, 1.54) is 5.69 Å². The van der Waals surface area contributed by atoms with Crippen LogP contribution in [0.4, 0.5) is 0 Å². The smallest absolute Gasteiger partial charge is 0.157 e. The zero-order valence-corrected chi connectivity index (χ0v) is 11.7. The number of pyridine rings is 1. The van der Waals surface area contributed by atoms with E-state index in [0.29, 0.717) is 0 Å². The van der Waals surface area contributed by atoms with Gasteiger partial charge in [0.2, 0.25) is 0 Å². The summed E-state index contributed by atoms with van der Waals surface area (Å²) in [5.74, 6) is 0.931. The Balaban J connectivity index is 2.54. The summed E-state index contributed by atoms with van der Waals surface area (Å²) >= 11 is 3.49. The van der Waals surface area contributed by atoms with E-state index < -0.39 is 0 Å². The summed E-state index contributed by atoms with van der Waals surface area (Å²) in [6.45, 7) is 4.26. The number of aromatic nitrogens is 3. The number of aryl methyl sites for hydroxylation is 2. The van der Waals surface area contributed by atoms with Crippen LogP contribution in [0.25, 0.3) is 5.82 Å². The second-order valence-electron chi connectivity index (χ2n) is 3.87. The molecule has 2 aromatic heterocycles. The molecule has 0 spiro atoms. The molecule has 0 aliphatic heterocycles. The van der Waals surface area contributed by atoms with Gasteiger partial charge in [0.15, 0.2) is 5.82 Å². The van der Waals surface area contributed by atoms with Gasteiger partial charge in [0.05, 0.1) is 5.69 Å². The van der Waals surface area contributed by atoms with Crippen LogP contribution in [-0.2, 0) is 18.2 Å². The van der Waals surface area contributed by atoms with Gasteiger partial charge >= 0.3 is 0 Å². The molecule has 0 bridgehead atoms. The molecular weight excluding hydrogens is 278 g/mol. The number of hydrogen-bond donors (Lipinski definition) is 0. The van der Waals surface area contributed by atoms with E-state index in [1.807, 2.05) is 16.9 Å². The summed E-state index contributed by atoms with van der Waals surface area (Å²) in [6.07, 6.45) is 3.73. The standard InChI is InChI=1S/C13H16BrN3/c1-3-11-8-12(4-2)17(16-11)13-10(9-14)6-5-7-15-13/h5-8H,3-4,9H2,1-2H3. The maximum absolute atomic E-state index is 4.61. The van der Waals surface area contributed by atoms with Gasteiger partial charge in [0, 0.05) is 22.8 Å². The van der Waals surface area contributed by atoms with Crippen molar-refractivity contribution in [3.63, 3.8) is 0 Å². The van der Waals surface area contributed by atoms with Gasteiger partial charge in [0.1, 0.15) is 0 Å². The molecule has 0 saturated heterocycles. The van der Waals surface area contributed by atoms with Crippen LogP contribution in [0.3, 0.4) is 0 Å². The Morgan fingerprint density at radius 1 is 1.29 bits per heavy atom. The van der Waals surface area contributed by atoms with Crippen LogP contribution in [0.5, 0.6) is 0 Å². The van der Waals surface area contributed by atoms with Crippen LogP contribution in [0.15, 0.2) is 24.4 Å². The number of halogens is 1. The van der Waals surface area contributed by atoms with Crippen molar-refractivity contribution in [3.05, 3.63) is 41.3 Å². The zero-order chi connectivity index (χ0) is 12.3. The van der Waals surface area contributed by atoms with Crippen molar-refractivity contribution in [1.82, 2.24) is 14.8 Å². The van der Waals surface area contributed by atoms with E-state index in [2.05, 4.69) is 52.0 Å². The maximum Gasteiger partial charge on any atom is 0.157 e. The fourth-order valence-electron chi connectivity index (χ4n) is 1.81. The fourth-order valence-corrected chi connectivity index (χ4v) is 2.25. The molecule has 0 saturated carbocycles. The summed E-state index contributed by atoms with van der Waals surface area (Å²) in [7, 11) is 0. The monoisotopic (exact) mass is 293 g/mol. The third-order valence-corrected chi connectivity index (χ3v) is 3.37. The molecule has 0 atom stereocenters. The first-order valence-electron chi connectivity index (χ1n) is 5.88. The molecule has 0 aliphatic rings. The molecule has 90 valence electrons. The molecule has 0 aliphatic carbocycles. The molecule has 2 heterocycles. The van der Waals surface area contributed by atoms with Crippen molar-refractivity contribution in [2.45, 2.75) is 32.0 Å². The van der Waals surface area contributed by atoms with E-state index in [0.717, 1.165) is 35.2 Å². The van der Waals surface area contributed by atoms with Crippen molar-refractivity contribution in [2.75, 3.05) is 0 Å². The van der Waals surface area contributed by atoms with Gasteiger partial charge in [0.25, 0.3) is 0 Å². The summed E-state index contributed by atoms with van der Waals surface area (Å²) in [6, 6.07) is 6.19. The van der Waals surface area contributed by atoms with E-state index >= 15 is 0 Å². The first kappa shape index (κ1) is 12.3. The van der Waals surface area contributed by atoms with E-state index in [4.69, 9.17) is 0 Å². The number of alkyl halides is 1. The van der Waals surface area contributed by atoms with Crippen LogP contribution >= 0.6 is 15.9 Å². The summed E-state index contributed by atoms with van der Waals surface area (Å²) in [5.41, 5.74) is 3.49. The average molecular weight is 294 g/mol. The van der Waals surface area contributed by atoms with E-state index in [9.17, 15) is 0 Å². The third-order valence-electron chi connectivity index (χ3n) is 2.77. The number of rotatable bonds is 4. The Kier molecular flexibility index (Phi) is 3.94. The van der Waals surface area contributed by atoms with Gasteiger partial charge < -0.3 is 0 Å². The summed E-state index contributed by atoms with van der Waals surface area (Å²) in [5, 5.41) is 5.40. The lowest BCUT2D eigenvalue weighted by Gasteiger charge is -2.08. The largest absolute Gasteiger partial charge is 0.237 e. The van der Waals surface area contributed by atoms with Crippen LogP contribution in [0.2, 0.25) is 0 Å². The normalized spacial score (nSPS) is 10.8. The van der Waals surface area contributed by atoms with Crippen LogP contribution in [0.1, 0.15) is 30.8 Å². The quantitative estimate of drug-likeness (QED) is 0.810. The Morgan fingerprint density at radius 3 is 2.76 bits per heavy atom. The maximum atomic E-state index is 4.61. The minimum atomic E-state index is 0.792. The molecule has 2 rings (SSSR count). The summed E-state index contributed by atoms with van der Waals surface area (Å²) < 4.78 is 1.97. The Bertz CT molecular complexity index is 505. The molecule has 2 aromatic rings. The molecule has 17 heavy (non-hydrogen) atoms. The predicted molar refractivity (Wildman–Crippen MR) is 72.7 cm³/mol. The highest BCUT2D eigenvalue weighted by molar-refractivity contribution is 9.08. The molecule has 0 N–H and O–H groups in total. The Morgan fingerprint density at radius 2 is 2.12 bits per heavy atom. The lowest BCUT2D eigenvalue weighted by Crippen LogP contribution is -2.06. The van der Waals surface area contributed by atoms with Crippen molar-refractivity contribution >= 4 is 15.9 Å². The number of nitrogens with zero attached hydrogens (tertiary/aromatic N) is 3. The highest BCUT2D eigenvalue weighted by atomic mass is 79.9. The molecular formula is C13H16BrN3. The second kappa shape index (κ2) is 5.45. The Labute approximate surface area is 110 Å². The van der Waals surface area contributed by atoms with Crippen molar-refractivity contribution in [1.29, 1.82) is 0 Å². The molecule has 0 unspecified atom stereocenters. The van der Waals surface area contributed by atoms with Gasteiger partial charge in [-0.3, -0.25) is 0 Å². The zero-order valence-electron chi connectivity index (χ0n) is 10.2. The topological polar surface area (TPSA) is 30.7 Å². The summed E-state index contributed by atoms with van der Waals surface area (Å²) in [4.78, 5) is 4.45. The minimum Gasteiger partial charge on any atom is -0.237 e. The Hall–Kier alpha value is -1.16. The van der Waals surface area contributed by atoms with Crippen molar-refractivity contribution in [3.8, 4) is 5.82 Å². The van der Waals surface area contributed by atoms with Gasteiger partial charge in [-0.15, -0.1) is 0 Å². The first-order valence-corrected chi connectivity index (χ1v) is 7.00. The SMILES string of the molecule is CCc1cc(CC)n(-c2ncccc2CBr)n1. The number of hydrogen-bond acceptors (Lipinski definition) is 2. The van der Waals surface area contributed by atoms with Gasteiger partial charge in [-0.25, -0.2) is 9.67 Å². The minimum absolute atomic E-state index is 0.792. The average Bonchev–Trinajstić information content (AvgIpc) is 2.81. The van der Waals surface area contributed by atoms with Gasteiger partial charge in [-0.1, -0.05) is 35.8 Å². The molecule has 0 fully saturated rings. The second-order valence-corrected chi connectivity index (χ2v) is 4.43. The third kappa shape index (κ3) is 2.41. The van der Waals surface area contributed by atoms with Crippen LogP contribution < -0.4 is 0 Å². The molecule has 0 radical (unpaired) electrons. The van der Waals surface area contributed by atoms with Gasteiger partial charge in [-0.05, 0) is 25.0 Å². The highest BCUT2D eigenvalue weighted by Crippen LogP contribution is 2.17. The van der Waals surface area contributed by atoms with Gasteiger partial charge in [-0.2, -0.15) is 5.10 Å². The molecule has 3 nitrogen and oxygen atoms in total. The lowest BCUT2D eigenvalue weighted by molar-refractivity contribution is 0.766. The molecule has 0 aromatic carbocycles. The van der Waals surface area contributed by atoms with E-state index in [1.54, 1.807) is 0 Å². The highest BCUT2D eigenvalue weighted by Gasteiger charge is 2.11. The van der Waals surface area contributed by atoms with Crippen LogP contribution in [0, 0.1) is 0 Å². The lowest BCUT2D eigenvalue weighted by atomic mass is 10.2. The predicted octanol–water partition coefficient (Wildman–Crippen LogP) is 3.29. The first-order chi connectivity index (χ1) is 8.30. The van der Waals surface area contributed by atoms with Crippen LogP contribution in [-0.4, -0.2) is 14.8 Å². The van der Waals surface area contributed by atoms with Crippen molar-refractivity contribution < 1.29 is 0 Å². The molecule has 4 heteroatoms. The van der Waals surface area contributed by atoms with E-state index in [-0.39, 0.29) is 0 Å². The van der Waals surface area contributed by atoms with Crippen molar-refractivity contribution in [2.24, 2.45) is 0 Å². The molecule has 0 amide bonds. The fraction of sp³-hybridized carbons (Fsp3) is 0.385.